The summed E-state index contributed by atoms with van der Waals surface area (Å²) in [5.74, 6) is 0.0435. The van der Waals surface area contributed by atoms with Gasteiger partial charge in [-0.25, -0.2) is 14.8 Å². The quantitative estimate of drug-likeness (QED) is 0.794. The Balaban J connectivity index is 2.18. The number of hydrogen-bond donors (Lipinski definition) is 2. The normalized spacial score (nSPS) is 10.9. The van der Waals surface area contributed by atoms with Crippen molar-refractivity contribution in [3.63, 3.8) is 0 Å². The third-order valence-electron chi connectivity index (χ3n) is 3.43. The van der Waals surface area contributed by atoms with E-state index in [9.17, 15) is 9.59 Å². The fourth-order valence-corrected chi connectivity index (χ4v) is 2.19. The second kappa shape index (κ2) is 7.53. The first-order valence-corrected chi connectivity index (χ1v) is 8.15. The first kappa shape index (κ1) is 18.7. The van der Waals surface area contributed by atoms with Gasteiger partial charge in [0, 0.05) is 16.8 Å². The maximum atomic E-state index is 12.7. The summed E-state index contributed by atoms with van der Waals surface area (Å²) in [6.45, 7) is 7.30. The molecule has 1 heterocycles. The van der Waals surface area contributed by atoms with Gasteiger partial charge in [-0.2, -0.15) is 0 Å². The Morgan fingerprint density at radius 3 is 2.32 bits per heavy atom. The smallest absolute Gasteiger partial charge is 0.291 e. The van der Waals surface area contributed by atoms with E-state index in [4.69, 9.17) is 11.6 Å². The SMILES string of the molecule is Cc1cccnc1NC(=O)N(NC(=O)c1ccc(Cl)cc1)C(C)(C)C. The molecule has 3 amide bonds. The molecule has 0 aliphatic rings. The molecule has 0 fully saturated rings. The van der Waals surface area contributed by atoms with Crippen molar-refractivity contribution in [1.82, 2.24) is 15.4 Å². The van der Waals surface area contributed by atoms with Gasteiger partial charge in [0.25, 0.3) is 5.91 Å². The second-order valence-corrected chi connectivity index (χ2v) is 6.99. The van der Waals surface area contributed by atoms with Crippen LogP contribution in [-0.4, -0.2) is 27.5 Å². The largest absolute Gasteiger partial charge is 0.342 e. The van der Waals surface area contributed by atoms with E-state index in [1.54, 1.807) is 36.5 Å². The van der Waals surface area contributed by atoms with Gasteiger partial charge < -0.3 is 0 Å². The van der Waals surface area contributed by atoms with E-state index in [1.165, 1.54) is 5.01 Å². The lowest BCUT2D eigenvalue weighted by Gasteiger charge is -2.35. The molecule has 0 unspecified atom stereocenters. The van der Waals surface area contributed by atoms with Crippen LogP contribution in [0.5, 0.6) is 0 Å². The second-order valence-electron chi connectivity index (χ2n) is 6.55. The number of aromatic nitrogens is 1. The number of hydrazine groups is 1. The van der Waals surface area contributed by atoms with Crippen LogP contribution < -0.4 is 10.7 Å². The number of nitrogens with one attached hydrogen (secondary N) is 2. The summed E-state index contributed by atoms with van der Waals surface area (Å²) in [4.78, 5) is 29.3. The Hall–Kier alpha value is -2.60. The first-order chi connectivity index (χ1) is 11.7. The van der Waals surface area contributed by atoms with E-state index in [1.807, 2.05) is 33.8 Å². The number of carbonyl (C=O) groups excluding carboxylic acids is 2. The summed E-state index contributed by atoms with van der Waals surface area (Å²) in [7, 11) is 0. The van der Waals surface area contributed by atoms with Crippen molar-refractivity contribution in [2.45, 2.75) is 33.2 Å². The monoisotopic (exact) mass is 360 g/mol. The number of rotatable bonds is 2. The van der Waals surface area contributed by atoms with Crippen LogP contribution >= 0.6 is 11.6 Å². The van der Waals surface area contributed by atoms with Crippen molar-refractivity contribution in [2.24, 2.45) is 0 Å². The van der Waals surface area contributed by atoms with E-state index in [-0.39, 0.29) is 0 Å². The van der Waals surface area contributed by atoms with Crippen LogP contribution in [-0.2, 0) is 0 Å². The summed E-state index contributed by atoms with van der Waals surface area (Å²) < 4.78 is 0. The summed E-state index contributed by atoms with van der Waals surface area (Å²) in [6, 6.07) is 9.59. The standard InChI is InChI=1S/C18H21ClN4O2/c1-12-6-5-11-20-15(12)21-17(25)23(18(2,3)4)22-16(24)13-7-9-14(19)10-8-13/h5-11H,1-4H3,(H,22,24)(H,20,21,25). The number of halogens is 1. The van der Waals surface area contributed by atoms with Crippen molar-refractivity contribution in [3.05, 3.63) is 58.7 Å². The summed E-state index contributed by atoms with van der Waals surface area (Å²) in [6.07, 6.45) is 1.59. The average Bonchev–Trinajstić information content (AvgIpc) is 2.54. The molecule has 2 aromatic rings. The number of benzene rings is 1. The van der Waals surface area contributed by atoms with Crippen LogP contribution in [0.25, 0.3) is 0 Å². The zero-order chi connectivity index (χ0) is 18.6. The molecule has 2 N–H and O–H groups in total. The maximum absolute atomic E-state index is 12.7. The Labute approximate surface area is 152 Å². The highest BCUT2D eigenvalue weighted by atomic mass is 35.5. The topological polar surface area (TPSA) is 74.3 Å². The predicted molar refractivity (Wildman–Crippen MR) is 98.5 cm³/mol. The number of nitrogens with zero attached hydrogens (tertiary/aromatic N) is 2. The van der Waals surface area contributed by atoms with Gasteiger partial charge in [0.2, 0.25) is 0 Å². The van der Waals surface area contributed by atoms with Crippen molar-refractivity contribution >= 4 is 29.4 Å². The van der Waals surface area contributed by atoms with Gasteiger partial charge >= 0.3 is 6.03 Å². The Bertz CT molecular complexity index is 769. The minimum Gasteiger partial charge on any atom is -0.291 e. The minimum atomic E-state index is -0.644. The van der Waals surface area contributed by atoms with E-state index < -0.39 is 17.5 Å². The highest BCUT2D eigenvalue weighted by Crippen LogP contribution is 2.16. The van der Waals surface area contributed by atoms with Gasteiger partial charge in [-0.15, -0.1) is 0 Å². The fraction of sp³-hybridized carbons (Fsp3) is 0.278. The molecule has 0 spiro atoms. The van der Waals surface area contributed by atoms with Gasteiger partial charge in [0.1, 0.15) is 5.82 Å². The molecule has 2 rings (SSSR count). The molecule has 132 valence electrons. The highest BCUT2D eigenvalue weighted by Gasteiger charge is 2.29. The van der Waals surface area contributed by atoms with E-state index in [0.29, 0.717) is 16.4 Å². The molecule has 0 saturated heterocycles. The summed E-state index contributed by atoms with van der Waals surface area (Å²) in [5, 5.41) is 4.51. The van der Waals surface area contributed by atoms with Crippen LogP contribution in [0.3, 0.4) is 0 Å². The number of pyridine rings is 1. The zero-order valence-electron chi connectivity index (χ0n) is 14.6. The van der Waals surface area contributed by atoms with Gasteiger partial charge in [-0.1, -0.05) is 17.7 Å². The molecule has 0 aliphatic carbocycles. The molecule has 0 bridgehead atoms. The molecule has 6 nitrogen and oxygen atoms in total. The van der Waals surface area contributed by atoms with E-state index in [0.717, 1.165) is 5.56 Å². The van der Waals surface area contributed by atoms with Crippen LogP contribution in [0.2, 0.25) is 5.02 Å². The number of amides is 3. The van der Waals surface area contributed by atoms with Crippen LogP contribution in [0.15, 0.2) is 42.6 Å². The van der Waals surface area contributed by atoms with Gasteiger partial charge in [-0.3, -0.25) is 15.5 Å². The van der Waals surface area contributed by atoms with E-state index in [2.05, 4.69) is 15.7 Å². The fourth-order valence-electron chi connectivity index (χ4n) is 2.06. The van der Waals surface area contributed by atoms with Crippen molar-refractivity contribution in [1.29, 1.82) is 0 Å². The lowest BCUT2D eigenvalue weighted by molar-refractivity contribution is 0.0687. The molecule has 1 aromatic heterocycles. The van der Waals surface area contributed by atoms with Crippen LogP contribution in [0, 0.1) is 6.92 Å². The third-order valence-corrected chi connectivity index (χ3v) is 3.68. The molecule has 0 radical (unpaired) electrons. The zero-order valence-corrected chi connectivity index (χ0v) is 15.4. The molecular formula is C18H21ClN4O2. The molecular weight excluding hydrogens is 340 g/mol. The summed E-state index contributed by atoms with van der Waals surface area (Å²) in [5.41, 5.74) is 3.23. The Morgan fingerprint density at radius 2 is 1.76 bits per heavy atom. The first-order valence-electron chi connectivity index (χ1n) is 7.78. The third kappa shape index (κ3) is 4.93. The van der Waals surface area contributed by atoms with Crippen molar-refractivity contribution < 1.29 is 9.59 Å². The molecule has 0 saturated carbocycles. The maximum Gasteiger partial charge on any atom is 0.342 e. The van der Waals surface area contributed by atoms with Gasteiger partial charge in [0.15, 0.2) is 0 Å². The molecule has 25 heavy (non-hydrogen) atoms. The van der Waals surface area contributed by atoms with Gasteiger partial charge in [0.05, 0.1) is 5.54 Å². The number of carbonyl (C=O) groups is 2. The molecule has 1 aromatic carbocycles. The number of aryl methyl sites for hydroxylation is 1. The molecule has 7 heteroatoms. The lowest BCUT2D eigenvalue weighted by atomic mass is 10.1. The van der Waals surface area contributed by atoms with Gasteiger partial charge in [-0.05, 0) is 63.6 Å². The number of hydrogen-bond acceptors (Lipinski definition) is 3. The average molecular weight is 361 g/mol. The van der Waals surface area contributed by atoms with Crippen LogP contribution in [0.1, 0.15) is 36.7 Å². The number of anilines is 1. The van der Waals surface area contributed by atoms with Crippen molar-refractivity contribution in [2.75, 3.05) is 5.32 Å². The molecule has 0 atom stereocenters. The van der Waals surface area contributed by atoms with Crippen LogP contribution in [0.4, 0.5) is 10.6 Å². The lowest BCUT2D eigenvalue weighted by Crippen LogP contribution is -2.57. The minimum absolute atomic E-state index is 0.403. The summed E-state index contributed by atoms with van der Waals surface area (Å²) >= 11 is 5.84. The predicted octanol–water partition coefficient (Wildman–Crippen LogP) is 4.02. The van der Waals surface area contributed by atoms with E-state index >= 15 is 0 Å². The highest BCUT2D eigenvalue weighted by molar-refractivity contribution is 6.30. The molecule has 0 aliphatic heterocycles. The Morgan fingerprint density at radius 1 is 1.12 bits per heavy atom. The Kier molecular flexibility index (Phi) is 5.64. The van der Waals surface area contributed by atoms with Crippen molar-refractivity contribution in [3.8, 4) is 0 Å². The number of urea groups is 1.